The van der Waals surface area contributed by atoms with Gasteiger partial charge in [-0.1, -0.05) is 62.3 Å². The molecule has 2 rings (SSSR count). The molecule has 106 valence electrons. The van der Waals surface area contributed by atoms with Crippen LogP contribution in [0.3, 0.4) is 0 Å². The van der Waals surface area contributed by atoms with Crippen LogP contribution in [0.25, 0.3) is 0 Å². The van der Waals surface area contributed by atoms with Gasteiger partial charge >= 0.3 is 0 Å². The summed E-state index contributed by atoms with van der Waals surface area (Å²) in [5, 5.41) is 0.309. The summed E-state index contributed by atoms with van der Waals surface area (Å²) in [6.45, 7) is 4.36. The van der Waals surface area contributed by atoms with Crippen molar-refractivity contribution < 1.29 is 0 Å². The molecular weight excluding hydrogens is 252 g/mol. The number of hydrogen-bond acceptors (Lipinski definition) is 0. The molecule has 0 spiro atoms. The fourth-order valence-corrected chi connectivity index (χ4v) is 3.72. The predicted molar refractivity (Wildman–Crippen MR) is 85.1 cm³/mol. The molecule has 0 aliphatic heterocycles. The van der Waals surface area contributed by atoms with Crippen LogP contribution >= 0.6 is 11.6 Å². The molecule has 1 aromatic rings. The molecule has 0 amide bonds. The van der Waals surface area contributed by atoms with E-state index in [9.17, 15) is 0 Å². The molecule has 1 fully saturated rings. The standard InChI is InChI=1S/C18H27Cl/c1-14-9-10-15(2)17(11-14)13-18(19)12-16-7-5-3-4-6-8-16/h9-11,16,18H,3-8,12-13H2,1-2H3. The zero-order valence-corrected chi connectivity index (χ0v) is 13.2. The molecule has 1 atom stereocenters. The lowest BCUT2D eigenvalue weighted by Gasteiger charge is -2.19. The normalized spacial score (nSPS) is 19.1. The highest BCUT2D eigenvalue weighted by Crippen LogP contribution is 2.29. The summed E-state index contributed by atoms with van der Waals surface area (Å²) in [6, 6.07) is 6.71. The third-order valence-corrected chi connectivity index (χ3v) is 4.84. The number of rotatable bonds is 4. The van der Waals surface area contributed by atoms with Crippen LogP contribution in [0, 0.1) is 19.8 Å². The molecule has 1 aromatic carbocycles. The fraction of sp³-hybridized carbons (Fsp3) is 0.667. The summed E-state index contributed by atoms with van der Waals surface area (Å²) in [4.78, 5) is 0. The maximum Gasteiger partial charge on any atom is 0.0379 e. The summed E-state index contributed by atoms with van der Waals surface area (Å²) >= 11 is 6.63. The first kappa shape index (κ1) is 14.9. The molecule has 19 heavy (non-hydrogen) atoms. The highest BCUT2D eigenvalue weighted by Gasteiger charge is 2.17. The highest BCUT2D eigenvalue weighted by molar-refractivity contribution is 6.20. The number of halogens is 1. The van der Waals surface area contributed by atoms with Crippen molar-refractivity contribution in [3.8, 4) is 0 Å². The lowest BCUT2D eigenvalue weighted by molar-refractivity contribution is 0.419. The van der Waals surface area contributed by atoms with E-state index >= 15 is 0 Å². The summed E-state index contributed by atoms with van der Waals surface area (Å²) in [6.07, 6.45) is 10.7. The fourth-order valence-electron chi connectivity index (χ4n) is 3.30. The maximum atomic E-state index is 6.63. The van der Waals surface area contributed by atoms with E-state index in [1.54, 1.807) is 0 Å². The summed E-state index contributed by atoms with van der Waals surface area (Å²) < 4.78 is 0. The van der Waals surface area contributed by atoms with Gasteiger partial charge in [0.15, 0.2) is 0 Å². The van der Waals surface area contributed by atoms with E-state index in [0.29, 0.717) is 5.38 Å². The predicted octanol–water partition coefficient (Wildman–Crippen LogP) is 5.81. The molecule has 1 aliphatic carbocycles. The largest absolute Gasteiger partial charge is 0.123 e. The molecule has 0 heterocycles. The van der Waals surface area contributed by atoms with Gasteiger partial charge in [0.05, 0.1) is 0 Å². The monoisotopic (exact) mass is 278 g/mol. The van der Waals surface area contributed by atoms with Crippen molar-refractivity contribution in [3.63, 3.8) is 0 Å². The zero-order valence-electron chi connectivity index (χ0n) is 12.4. The third-order valence-electron chi connectivity index (χ3n) is 4.51. The second kappa shape index (κ2) is 7.33. The van der Waals surface area contributed by atoms with Gasteiger partial charge in [0.25, 0.3) is 0 Å². The number of aryl methyl sites for hydroxylation is 2. The Balaban J connectivity index is 1.89. The average Bonchev–Trinajstić information content (AvgIpc) is 2.62. The lowest BCUT2D eigenvalue weighted by atomic mass is 9.91. The molecule has 0 aromatic heterocycles. The number of hydrogen-bond donors (Lipinski definition) is 0. The number of benzene rings is 1. The van der Waals surface area contributed by atoms with Crippen LogP contribution in [0.4, 0.5) is 0 Å². The van der Waals surface area contributed by atoms with Gasteiger partial charge in [-0.3, -0.25) is 0 Å². The SMILES string of the molecule is Cc1ccc(C)c(CC(Cl)CC2CCCCCC2)c1. The van der Waals surface area contributed by atoms with Gasteiger partial charge in [0.1, 0.15) is 0 Å². The van der Waals surface area contributed by atoms with E-state index in [-0.39, 0.29) is 0 Å². The smallest absolute Gasteiger partial charge is 0.0379 e. The molecule has 0 saturated heterocycles. The maximum absolute atomic E-state index is 6.63. The minimum absolute atomic E-state index is 0.309. The third kappa shape index (κ3) is 4.84. The minimum atomic E-state index is 0.309. The minimum Gasteiger partial charge on any atom is -0.123 e. The van der Waals surface area contributed by atoms with Crippen molar-refractivity contribution in [2.45, 2.75) is 70.6 Å². The molecule has 1 unspecified atom stereocenters. The molecular formula is C18H27Cl. The molecule has 1 heteroatoms. The van der Waals surface area contributed by atoms with Crippen molar-refractivity contribution in [2.24, 2.45) is 5.92 Å². The van der Waals surface area contributed by atoms with Crippen LogP contribution in [0.5, 0.6) is 0 Å². The van der Waals surface area contributed by atoms with Crippen LogP contribution < -0.4 is 0 Å². The van der Waals surface area contributed by atoms with Crippen molar-refractivity contribution in [1.82, 2.24) is 0 Å². The zero-order chi connectivity index (χ0) is 13.7. The lowest BCUT2D eigenvalue weighted by Crippen LogP contribution is -2.12. The second-order valence-corrected chi connectivity index (χ2v) is 6.94. The average molecular weight is 279 g/mol. The Kier molecular flexibility index (Phi) is 5.76. The van der Waals surface area contributed by atoms with Crippen LogP contribution in [-0.2, 0) is 6.42 Å². The highest BCUT2D eigenvalue weighted by atomic mass is 35.5. The first-order valence-electron chi connectivity index (χ1n) is 7.85. The van der Waals surface area contributed by atoms with Gasteiger partial charge in [0, 0.05) is 5.38 Å². The van der Waals surface area contributed by atoms with E-state index in [1.165, 1.54) is 61.6 Å². The van der Waals surface area contributed by atoms with Gasteiger partial charge in [0.2, 0.25) is 0 Å². The molecule has 0 radical (unpaired) electrons. The van der Waals surface area contributed by atoms with Crippen LogP contribution in [0.1, 0.15) is 61.6 Å². The van der Waals surface area contributed by atoms with Crippen molar-refractivity contribution in [2.75, 3.05) is 0 Å². The Morgan fingerprint density at radius 2 is 1.79 bits per heavy atom. The molecule has 1 aliphatic rings. The van der Waals surface area contributed by atoms with Gasteiger partial charge in [-0.2, -0.15) is 0 Å². The Hall–Kier alpha value is -0.490. The second-order valence-electron chi connectivity index (χ2n) is 6.32. The van der Waals surface area contributed by atoms with E-state index in [4.69, 9.17) is 11.6 Å². The van der Waals surface area contributed by atoms with Crippen LogP contribution in [0.2, 0.25) is 0 Å². The number of alkyl halides is 1. The van der Waals surface area contributed by atoms with E-state index < -0.39 is 0 Å². The first-order valence-corrected chi connectivity index (χ1v) is 8.29. The Labute approximate surface area is 123 Å². The van der Waals surface area contributed by atoms with E-state index in [0.717, 1.165) is 12.3 Å². The Bertz CT molecular complexity index is 389. The summed E-state index contributed by atoms with van der Waals surface area (Å²) in [5.41, 5.74) is 4.17. The molecule has 0 nitrogen and oxygen atoms in total. The summed E-state index contributed by atoms with van der Waals surface area (Å²) in [7, 11) is 0. The van der Waals surface area contributed by atoms with E-state index in [2.05, 4.69) is 32.0 Å². The first-order chi connectivity index (χ1) is 9.15. The Morgan fingerprint density at radius 3 is 2.47 bits per heavy atom. The van der Waals surface area contributed by atoms with Gasteiger partial charge in [-0.05, 0) is 43.7 Å². The molecule has 0 bridgehead atoms. The van der Waals surface area contributed by atoms with E-state index in [1.807, 2.05) is 0 Å². The Morgan fingerprint density at radius 1 is 1.11 bits per heavy atom. The molecule has 0 N–H and O–H groups in total. The molecule has 1 saturated carbocycles. The topological polar surface area (TPSA) is 0 Å². The van der Waals surface area contributed by atoms with Crippen LogP contribution in [0.15, 0.2) is 18.2 Å². The van der Waals surface area contributed by atoms with Gasteiger partial charge in [-0.15, -0.1) is 11.6 Å². The quantitative estimate of drug-likeness (QED) is 0.481. The summed E-state index contributed by atoms with van der Waals surface area (Å²) in [5.74, 6) is 0.870. The van der Waals surface area contributed by atoms with Crippen molar-refractivity contribution in [3.05, 3.63) is 34.9 Å². The van der Waals surface area contributed by atoms with Crippen molar-refractivity contribution in [1.29, 1.82) is 0 Å². The van der Waals surface area contributed by atoms with Gasteiger partial charge < -0.3 is 0 Å². The van der Waals surface area contributed by atoms with Crippen LogP contribution in [-0.4, -0.2) is 5.38 Å². The van der Waals surface area contributed by atoms with Gasteiger partial charge in [-0.25, -0.2) is 0 Å². The van der Waals surface area contributed by atoms with Crippen molar-refractivity contribution >= 4 is 11.6 Å².